The molecule has 2 aliphatic rings. The molecule has 0 saturated carbocycles. The molecule has 0 bridgehead atoms. The summed E-state index contributed by atoms with van der Waals surface area (Å²) in [5.41, 5.74) is 6.65. The van der Waals surface area contributed by atoms with Crippen LogP contribution in [0.15, 0.2) is 24.3 Å². The van der Waals surface area contributed by atoms with Gasteiger partial charge in [-0.2, -0.15) is 5.10 Å². The van der Waals surface area contributed by atoms with Gasteiger partial charge in [-0.3, -0.25) is 14.7 Å². The summed E-state index contributed by atoms with van der Waals surface area (Å²) in [5.74, 6) is -0.0720. The van der Waals surface area contributed by atoms with E-state index in [0.717, 1.165) is 60.1 Å². The number of carbonyl (C=O) groups excluding carboxylic acids is 2. The SMILES string of the molecule is CC(=O)N1CCCC1C(=O)N(C)c1ccc2cc(-c3n[nH]c4c3CCC(C)(C)C4)[nH]c2c1. The van der Waals surface area contributed by atoms with Gasteiger partial charge in [-0.05, 0) is 55.7 Å². The van der Waals surface area contributed by atoms with Gasteiger partial charge in [-0.15, -0.1) is 0 Å². The third kappa shape index (κ3) is 3.49. The van der Waals surface area contributed by atoms with E-state index in [0.29, 0.717) is 12.0 Å². The first-order valence-electron chi connectivity index (χ1n) is 11.5. The first-order valence-corrected chi connectivity index (χ1v) is 11.5. The Kier molecular flexibility index (Phi) is 4.87. The average molecular weight is 434 g/mol. The molecule has 1 unspecified atom stereocenters. The largest absolute Gasteiger partial charge is 0.353 e. The molecule has 0 radical (unpaired) electrons. The molecule has 2 amide bonds. The molecular formula is C25H31N5O2. The van der Waals surface area contributed by atoms with Crippen LogP contribution in [-0.2, 0) is 22.4 Å². The van der Waals surface area contributed by atoms with Gasteiger partial charge in [0.15, 0.2) is 0 Å². The standard InChI is InChI=1S/C25H31N5O2/c1-15(31)30-11-5-6-22(30)24(32)29(4)17-8-7-16-12-20(26-19(16)13-17)23-18-9-10-25(2,3)14-21(18)27-28-23/h7-8,12-13,22,26H,5-6,9-11,14H2,1-4H3,(H,27,28). The second-order valence-corrected chi connectivity index (χ2v) is 10.1. The van der Waals surface area contributed by atoms with Crippen LogP contribution >= 0.6 is 0 Å². The van der Waals surface area contributed by atoms with Crippen molar-refractivity contribution < 1.29 is 9.59 Å². The third-order valence-corrected chi connectivity index (χ3v) is 7.18. The molecule has 3 aromatic rings. The van der Waals surface area contributed by atoms with Crippen molar-refractivity contribution in [2.75, 3.05) is 18.5 Å². The summed E-state index contributed by atoms with van der Waals surface area (Å²) in [6, 6.07) is 7.77. The van der Waals surface area contributed by atoms with Crippen molar-refractivity contribution in [1.29, 1.82) is 0 Å². The predicted octanol–water partition coefficient (Wildman–Crippen LogP) is 4.05. The molecule has 1 fully saturated rings. The van der Waals surface area contributed by atoms with Crippen molar-refractivity contribution in [3.8, 4) is 11.4 Å². The highest BCUT2D eigenvalue weighted by molar-refractivity contribution is 6.00. The van der Waals surface area contributed by atoms with E-state index >= 15 is 0 Å². The van der Waals surface area contributed by atoms with Crippen LogP contribution in [0, 0.1) is 5.41 Å². The Morgan fingerprint density at radius 2 is 2.06 bits per heavy atom. The molecule has 3 heterocycles. The molecule has 168 valence electrons. The molecule has 1 atom stereocenters. The summed E-state index contributed by atoms with van der Waals surface area (Å²) in [6.45, 7) is 6.80. The number of hydrogen-bond donors (Lipinski definition) is 2. The fourth-order valence-corrected chi connectivity index (χ4v) is 5.27. The van der Waals surface area contributed by atoms with E-state index in [4.69, 9.17) is 0 Å². The van der Waals surface area contributed by atoms with Crippen LogP contribution in [-0.4, -0.2) is 51.5 Å². The zero-order valence-electron chi connectivity index (χ0n) is 19.3. The minimum absolute atomic E-state index is 0.0344. The summed E-state index contributed by atoms with van der Waals surface area (Å²) in [6.07, 6.45) is 4.79. The van der Waals surface area contributed by atoms with Crippen molar-refractivity contribution >= 4 is 28.4 Å². The number of carbonyl (C=O) groups is 2. The average Bonchev–Trinajstić information content (AvgIpc) is 3.48. The van der Waals surface area contributed by atoms with Gasteiger partial charge in [0.1, 0.15) is 11.7 Å². The second kappa shape index (κ2) is 7.50. The lowest BCUT2D eigenvalue weighted by Gasteiger charge is -2.28. The molecule has 2 aromatic heterocycles. The number of hydrogen-bond acceptors (Lipinski definition) is 3. The number of benzene rings is 1. The Morgan fingerprint density at radius 1 is 1.25 bits per heavy atom. The number of fused-ring (bicyclic) bond motifs is 2. The van der Waals surface area contributed by atoms with Crippen LogP contribution in [0.25, 0.3) is 22.3 Å². The molecule has 32 heavy (non-hydrogen) atoms. The number of rotatable bonds is 3. The number of likely N-dealkylation sites (N-methyl/N-ethyl adjacent to an activating group) is 1. The van der Waals surface area contributed by atoms with E-state index < -0.39 is 0 Å². The highest BCUT2D eigenvalue weighted by atomic mass is 16.2. The minimum Gasteiger partial charge on any atom is -0.353 e. The molecule has 5 rings (SSSR count). The zero-order chi connectivity index (χ0) is 22.6. The summed E-state index contributed by atoms with van der Waals surface area (Å²) in [7, 11) is 1.79. The summed E-state index contributed by atoms with van der Waals surface area (Å²) < 4.78 is 0. The van der Waals surface area contributed by atoms with Crippen LogP contribution in [0.3, 0.4) is 0 Å². The number of aromatic nitrogens is 3. The van der Waals surface area contributed by atoms with E-state index in [1.54, 1.807) is 16.8 Å². The fraction of sp³-hybridized carbons (Fsp3) is 0.480. The van der Waals surface area contributed by atoms with E-state index in [-0.39, 0.29) is 17.9 Å². The Labute approximate surface area is 188 Å². The first kappa shape index (κ1) is 20.8. The molecule has 1 saturated heterocycles. The van der Waals surface area contributed by atoms with Gasteiger partial charge in [0.2, 0.25) is 11.8 Å². The van der Waals surface area contributed by atoms with Gasteiger partial charge < -0.3 is 14.8 Å². The van der Waals surface area contributed by atoms with E-state index in [2.05, 4.69) is 35.1 Å². The summed E-state index contributed by atoms with van der Waals surface area (Å²) >= 11 is 0. The van der Waals surface area contributed by atoms with E-state index in [9.17, 15) is 9.59 Å². The first-order chi connectivity index (χ1) is 15.2. The van der Waals surface area contributed by atoms with Crippen molar-refractivity contribution in [2.45, 2.75) is 58.9 Å². The summed E-state index contributed by atoms with van der Waals surface area (Å²) in [5, 5.41) is 8.98. The van der Waals surface area contributed by atoms with Crippen LogP contribution in [0.2, 0.25) is 0 Å². The summed E-state index contributed by atoms with van der Waals surface area (Å²) in [4.78, 5) is 31.9. The number of nitrogens with one attached hydrogen (secondary N) is 2. The van der Waals surface area contributed by atoms with Crippen molar-refractivity contribution in [2.24, 2.45) is 5.41 Å². The minimum atomic E-state index is -0.368. The van der Waals surface area contributed by atoms with Gasteiger partial charge in [-0.1, -0.05) is 19.9 Å². The van der Waals surface area contributed by atoms with Crippen molar-refractivity contribution in [1.82, 2.24) is 20.1 Å². The lowest BCUT2D eigenvalue weighted by Crippen LogP contribution is -2.46. The van der Waals surface area contributed by atoms with Crippen molar-refractivity contribution in [3.63, 3.8) is 0 Å². The Bertz CT molecular complexity index is 1200. The maximum atomic E-state index is 13.1. The molecule has 1 aliphatic heterocycles. The molecular weight excluding hydrogens is 402 g/mol. The number of anilines is 1. The second-order valence-electron chi connectivity index (χ2n) is 10.1. The predicted molar refractivity (Wildman–Crippen MR) is 126 cm³/mol. The number of likely N-dealkylation sites (tertiary alicyclic amines) is 1. The molecule has 0 spiro atoms. The molecule has 2 N–H and O–H groups in total. The Hall–Kier alpha value is -3.09. The Morgan fingerprint density at radius 3 is 2.84 bits per heavy atom. The smallest absolute Gasteiger partial charge is 0.249 e. The van der Waals surface area contributed by atoms with E-state index in [1.165, 1.54) is 18.2 Å². The van der Waals surface area contributed by atoms with Crippen LogP contribution in [0.4, 0.5) is 5.69 Å². The Balaban J connectivity index is 1.42. The quantitative estimate of drug-likeness (QED) is 0.654. The normalized spacial score (nSPS) is 19.9. The maximum Gasteiger partial charge on any atom is 0.249 e. The molecule has 7 heteroatoms. The molecule has 7 nitrogen and oxygen atoms in total. The lowest BCUT2D eigenvalue weighted by molar-refractivity contribution is -0.135. The van der Waals surface area contributed by atoms with E-state index in [1.807, 2.05) is 18.2 Å². The van der Waals surface area contributed by atoms with Crippen LogP contribution in [0.5, 0.6) is 0 Å². The number of amides is 2. The van der Waals surface area contributed by atoms with Gasteiger partial charge >= 0.3 is 0 Å². The van der Waals surface area contributed by atoms with Gasteiger partial charge in [0, 0.05) is 48.4 Å². The molecule has 1 aliphatic carbocycles. The number of nitrogens with zero attached hydrogens (tertiary/aromatic N) is 3. The maximum absolute atomic E-state index is 13.1. The van der Waals surface area contributed by atoms with Crippen molar-refractivity contribution in [3.05, 3.63) is 35.5 Å². The van der Waals surface area contributed by atoms with Gasteiger partial charge in [0.05, 0.1) is 5.69 Å². The topological polar surface area (TPSA) is 85.1 Å². The monoisotopic (exact) mass is 433 g/mol. The zero-order valence-corrected chi connectivity index (χ0v) is 19.3. The number of H-pyrrole nitrogens is 2. The third-order valence-electron chi connectivity index (χ3n) is 7.18. The highest BCUT2D eigenvalue weighted by Gasteiger charge is 2.34. The van der Waals surface area contributed by atoms with Gasteiger partial charge in [0.25, 0.3) is 0 Å². The van der Waals surface area contributed by atoms with Gasteiger partial charge in [-0.25, -0.2) is 0 Å². The molecule has 1 aromatic carbocycles. The van der Waals surface area contributed by atoms with Crippen LogP contribution in [0.1, 0.15) is 51.3 Å². The number of aromatic amines is 2. The lowest BCUT2D eigenvalue weighted by atomic mass is 9.76. The highest BCUT2D eigenvalue weighted by Crippen LogP contribution is 2.38. The fourth-order valence-electron chi connectivity index (χ4n) is 5.27. The van der Waals surface area contributed by atoms with Crippen LogP contribution < -0.4 is 4.90 Å².